The van der Waals surface area contributed by atoms with Crippen molar-refractivity contribution >= 4 is 13.9 Å². The van der Waals surface area contributed by atoms with Gasteiger partial charge in [0, 0.05) is 0 Å². The summed E-state index contributed by atoms with van der Waals surface area (Å²) in [5, 5.41) is 0. The lowest BCUT2D eigenvalue weighted by Crippen LogP contribution is -2.36. The van der Waals surface area contributed by atoms with Crippen molar-refractivity contribution in [2.24, 2.45) is 0 Å². The van der Waals surface area contributed by atoms with Crippen LogP contribution in [-0.2, 0) is 15.8 Å². The molecule has 0 radical (unpaired) electrons. The van der Waals surface area contributed by atoms with Crippen LogP contribution in [0.5, 0.6) is 0 Å². The lowest BCUT2D eigenvalue weighted by atomic mass is 10.4. The number of nitrogens with two attached hydrogens (primary N) is 1. The second kappa shape index (κ2) is 4.63. The minimum absolute atomic E-state index is 0.00239. The molecule has 17 heavy (non-hydrogen) atoms. The molecule has 1 unspecified atom stereocenters. The maximum atomic E-state index is 11.4. The molecule has 1 aromatic rings. The molecule has 1 aliphatic rings. The largest absolute Gasteiger partial charge is 0.434 e. The molecular weight excluding hydrogens is 251 g/mol. The predicted molar refractivity (Wildman–Crippen MR) is 57.8 cm³/mol. The molecule has 0 saturated carbocycles. The smallest absolute Gasteiger partial charge is 0.368 e. The third-order valence-electron chi connectivity index (χ3n) is 2.13. The van der Waals surface area contributed by atoms with Gasteiger partial charge < -0.3 is 10.5 Å². The zero-order chi connectivity index (χ0) is 12.5. The maximum Gasteiger partial charge on any atom is 0.434 e. The number of hydrogen-bond acceptors (Lipinski definition) is 8. The Morgan fingerprint density at radius 3 is 3.00 bits per heavy atom. The van der Waals surface area contributed by atoms with Gasteiger partial charge in [-0.2, -0.15) is 19.3 Å². The first-order chi connectivity index (χ1) is 7.96. The predicted octanol–water partition coefficient (Wildman–Crippen LogP) is -1.66. The molecule has 1 aliphatic heterocycles. The summed E-state index contributed by atoms with van der Waals surface area (Å²) in [5.41, 5.74) is 4.70. The van der Waals surface area contributed by atoms with Crippen LogP contribution in [0.4, 0.5) is 5.95 Å². The molecule has 0 aromatic carbocycles. The first-order valence-corrected chi connectivity index (χ1v) is 6.55. The Morgan fingerprint density at radius 2 is 2.41 bits per heavy atom. The monoisotopic (exact) mass is 263 g/mol. The van der Waals surface area contributed by atoms with E-state index in [1.54, 1.807) is 0 Å². The van der Waals surface area contributed by atoms with E-state index in [0.29, 0.717) is 0 Å². The summed E-state index contributed by atoms with van der Waals surface area (Å²) in [6.45, 7) is 0.163. The highest BCUT2D eigenvalue weighted by Gasteiger charge is 2.42. The fourth-order valence-electron chi connectivity index (χ4n) is 1.31. The van der Waals surface area contributed by atoms with Crippen molar-refractivity contribution in [3.63, 3.8) is 0 Å². The van der Waals surface area contributed by atoms with Crippen LogP contribution in [0, 0.1) is 0 Å². The average molecular weight is 263 g/mol. The van der Waals surface area contributed by atoms with Gasteiger partial charge >= 0.3 is 13.6 Å². The molecule has 0 amide bonds. The van der Waals surface area contributed by atoms with Gasteiger partial charge in [-0.1, -0.05) is 0 Å². The van der Waals surface area contributed by atoms with Gasteiger partial charge in [0.1, 0.15) is 19.0 Å². The molecule has 10 heteroatoms. The Labute approximate surface area is 96.4 Å². The van der Waals surface area contributed by atoms with Gasteiger partial charge in [0.2, 0.25) is 12.3 Å². The van der Waals surface area contributed by atoms with Crippen molar-refractivity contribution in [2.45, 2.75) is 12.6 Å². The van der Waals surface area contributed by atoms with Crippen LogP contribution >= 0.6 is 7.94 Å². The Morgan fingerprint density at radius 1 is 1.65 bits per heavy atom. The molecule has 1 saturated heterocycles. The molecule has 2 heterocycles. The Hall–Kier alpha value is -1.12. The Kier molecular flexibility index (Phi) is 3.36. The van der Waals surface area contributed by atoms with Gasteiger partial charge in [-0.3, -0.25) is 4.57 Å². The summed E-state index contributed by atoms with van der Waals surface area (Å²) in [6, 6.07) is 0. The highest BCUT2D eigenvalue weighted by atomic mass is 31.2. The van der Waals surface area contributed by atoms with Crippen molar-refractivity contribution in [1.82, 2.24) is 14.5 Å². The molecule has 0 aliphatic carbocycles. The summed E-state index contributed by atoms with van der Waals surface area (Å²) >= 11 is 0. The van der Waals surface area contributed by atoms with E-state index < -0.39 is 19.7 Å². The molecule has 1 fully saturated rings. The summed E-state index contributed by atoms with van der Waals surface area (Å²) in [7, 11) is -3.36. The molecular formula is C7H12N4O5P+. The van der Waals surface area contributed by atoms with Crippen LogP contribution in [0.15, 0.2) is 11.1 Å². The van der Waals surface area contributed by atoms with E-state index >= 15 is 0 Å². The minimum Gasteiger partial charge on any atom is -0.368 e. The van der Waals surface area contributed by atoms with Gasteiger partial charge in [-0.05, 0) is 0 Å². The molecule has 1 aromatic heterocycles. The molecule has 0 bridgehead atoms. The van der Waals surface area contributed by atoms with Crippen LogP contribution in [0.2, 0.25) is 0 Å². The van der Waals surface area contributed by atoms with Crippen LogP contribution in [0.25, 0.3) is 0 Å². The van der Waals surface area contributed by atoms with E-state index in [-0.39, 0.29) is 25.4 Å². The molecule has 2 rings (SSSR count). The van der Waals surface area contributed by atoms with Gasteiger partial charge in [0.15, 0.2) is 0 Å². The van der Waals surface area contributed by atoms with Crippen LogP contribution in [0.1, 0.15) is 0 Å². The van der Waals surface area contributed by atoms with E-state index in [0.717, 1.165) is 0 Å². The average Bonchev–Trinajstić information content (AvgIpc) is 2.25. The van der Waals surface area contributed by atoms with Crippen molar-refractivity contribution in [3.8, 4) is 0 Å². The highest BCUT2D eigenvalue weighted by Crippen LogP contribution is 2.53. The second-order valence-electron chi connectivity index (χ2n) is 3.53. The van der Waals surface area contributed by atoms with Gasteiger partial charge in [-0.25, -0.2) is 9.78 Å². The number of ether oxygens (including phenoxy) is 1. The SMILES string of the molecule is Nc1ncn(CC2CO[P+](O)(O)CO2)c(=O)n1. The number of nitrogen functional groups attached to an aromatic ring is 1. The van der Waals surface area contributed by atoms with Crippen molar-refractivity contribution in [3.05, 3.63) is 16.8 Å². The standard InChI is InChI=1S/C7H11N4O5P/c8-6-9-3-11(7(12)10-6)1-5-2-16-17(13,14)4-15-5/h3,5,13-14H,1-2,4H2,(H-,8,10,12)/p+1. The van der Waals surface area contributed by atoms with Crippen LogP contribution < -0.4 is 11.4 Å². The molecule has 9 nitrogen and oxygen atoms in total. The number of nitrogens with zero attached hydrogens (tertiary/aromatic N) is 3. The first-order valence-electron chi connectivity index (χ1n) is 4.75. The Balaban J connectivity index is 2.00. The number of rotatable bonds is 2. The third-order valence-corrected chi connectivity index (χ3v) is 3.18. The lowest BCUT2D eigenvalue weighted by Gasteiger charge is -2.24. The quantitative estimate of drug-likeness (QED) is 0.540. The normalized spacial score (nSPS) is 23.5. The number of hydrogen-bond donors (Lipinski definition) is 3. The summed E-state index contributed by atoms with van der Waals surface area (Å²) in [5.74, 6) is -0.0947. The van der Waals surface area contributed by atoms with Gasteiger partial charge in [0.25, 0.3) is 0 Å². The molecule has 1 atom stereocenters. The fraction of sp³-hybridized carbons (Fsp3) is 0.571. The van der Waals surface area contributed by atoms with E-state index in [2.05, 4.69) is 9.97 Å². The number of aromatic nitrogens is 3. The van der Waals surface area contributed by atoms with E-state index in [4.69, 9.17) is 24.8 Å². The first kappa shape index (κ1) is 12.3. The van der Waals surface area contributed by atoms with E-state index in [1.165, 1.54) is 10.9 Å². The van der Waals surface area contributed by atoms with Gasteiger partial charge in [-0.15, -0.1) is 0 Å². The number of anilines is 1. The second-order valence-corrected chi connectivity index (χ2v) is 5.37. The molecule has 4 N–H and O–H groups in total. The highest BCUT2D eigenvalue weighted by molar-refractivity contribution is 7.59. The van der Waals surface area contributed by atoms with E-state index in [9.17, 15) is 4.79 Å². The van der Waals surface area contributed by atoms with E-state index in [1.807, 2.05) is 0 Å². The minimum atomic E-state index is -3.36. The van der Waals surface area contributed by atoms with Crippen molar-refractivity contribution < 1.29 is 19.0 Å². The molecule has 0 spiro atoms. The van der Waals surface area contributed by atoms with Crippen LogP contribution in [-0.4, -0.2) is 43.4 Å². The fourth-order valence-corrected chi connectivity index (χ4v) is 2.19. The van der Waals surface area contributed by atoms with Crippen LogP contribution in [0.3, 0.4) is 0 Å². The van der Waals surface area contributed by atoms with Gasteiger partial charge in [0.05, 0.1) is 6.54 Å². The third kappa shape index (κ3) is 3.18. The summed E-state index contributed by atoms with van der Waals surface area (Å²) < 4.78 is 11.2. The lowest BCUT2D eigenvalue weighted by molar-refractivity contribution is -0.0180. The van der Waals surface area contributed by atoms with Crippen molar-refractivity contribution in [1.29, 1.82) is 0 Å². The maximum absolute atomic E-state index is 11.4. The molecule has 94 valence electrons. The summed E-state index contributed by atoms with van der Waals surface area (Å²) in [6.07, 6.45) is 0.526. The zero-order valence-corrected chi connectivity index (χ0v) is 9.66. The topological polar surface area (TPSA) is 133 Å². The Bertz CT molecular complexity index is 454. The summed E-state index contributed by atoms with van der Waals surface area (Å²) in [4.78, 5) is 36.8. The van der Waals surface area contributed by atoms with Crippen molar-refractivity contribution in [2.75, 3.05) is 18.7 Å². The zero-order valence-electron chi connectivity index (χ0n) is 8.76.